The highest BCUT2D eigenvalue weighted by Crippen LogP contribution is 2.30. The second-order valence-corrected chi connectivity index (χ2v) is 9.91. The summed E-state index contributed by atoms with van der Waals surface area (Å²) in [5, 5.41) is 12.3. The quantitative estimate of drug-likeness (QED) is 0.248. The molecule has 0 aliphatic rings. The Morgan fingerprint density at radius 2 is 1.77 bits per heavy atom. The van der Waals surface area contributed by atoms with Gasteiger partial charge in [0.2, 0.25) is 5.88 Å². The van der Waals surface area contributed by atoms with E-state index in [2.05, 4.69) is 19.0 Å². The Labute approximate surface area is 227 Å². The molecule has 196 valence electrons. The van der Waals surface area contributed by atoms with Gasteiger partial charge in [0.1, 0.15) is 28.2 Å². The van der Waals surface area contributed by atoms with Crippen molar-refractivity contribution in [1.82, 2.24) is 19.0 Å². The van der Waals surface area contributed by atoms with Crippen LogP contribution in [0.4, 0.5) is 4.39 Å². The van der Waals surface area contributed by atoms with Gasteiger partial charge in [-0.05, 0) is 60.9 Å². The second-order valence-electron chi connectivity index (χ2n) is 9.38. The summed E-state index contributed by atoms with van der Waals surface area (Å²) in [5.41, 5.74) is 2.72. The van der Waals surface area contributed by atoms with Crippen molar-refractivity contribution in [2.24, 2.45) is 0 Å². The molecule has 0 saturated heterocycles. The fraction of sp³-hybridized carbons (Fsp3) is 0.138. The summed E-state index contributed by atoms with van der Waals surface area (Å²) < 4.78 is 29.1. The molecule has 0 aliphatic heterocycles. The summed E-state index contributed by atoms with van der Waals surface area (Å²) in [7, 11) is 0. The van der Waals surface area contributed by atoms with Crippen LogP contribution in [-0.2, 0) is 16.8 Å². The van der Waals surface area contributed by atoms with Gasteiger partial charge < -0.3 is 15.2 Å². The zero-order valence-electron chi connectivity index (χ0n) is 21.0. The predicted molar refractivity (Wildman–Crippen MR) is 145 cm³/mol. The van der Waals surface area contributed by atoms with Crippen LogP contribution in [0.3, 0.4) is 0 Å². The third-order valence-electron chi connectivity index (χ3n) is 6.40. The number of hydrogen-bond acceptors (Lipinski definition) is 7. The van der Waals surface area contributed by atoms with Crippen molar-refractivity contribution in [2.45, 2.75) is 25.8 Å². The van der Waals surface area contributed by atoms with E-state index in [-0.39, 0.29) is 23.9 Å². The number of fused-ring (bicyclic) bond motifs is 1. The van der Waals surface area contributed by atoms with E-state index in [0.717, 1.165) is 22.8 Å². The van der Waals surface area contributed by atoms with Gasteiger partial charge in [0, 0.05) is 24.4 Å². The lowest BCUT2D eigenvalue weighted by atomic mass is 9.84. The van der Waals surface area contributed by atoms with Gasteiger partial charge in [-0.15, -0.1) is 0 Å². The molecule has 0 atom stereocenters. The highest BCUT2D eigenvalue weighted by molar-refractivity contribution is 7.00. The number of nitrogens with zero attached hydrogens (tertiary/aromatic N) is 3. The van der Waals surface area contributed by atoms with E-state index in [9.17, 15) is 19.1 Å². The van der Waals surface area contributed by atoms with E-state index < -0.39 is 17.2 Å². The van der Waals surface area contributed by atoms with Gasteiger partial charge in [-0.3, -0.25) is 9.59 Å². The summed E-state index contributed by atoms with van der Waals surface area (Å²) in [6.45, 7) is 3.30. The number of carbonyl (C=O) groups excluding carboxylic acids is 1. The number of nitrogens with one attached hydrogen (secondary N) is 1. The molecular weight excluding hydrogens is 519 g/mol. The summed E-state index contributed by atoms with van der Waals surface area (Å²) >= 11 is 1.11. The number of carboxylic acids is 1. The number of hydrogen-bond donors (Lipinski definition) is 2. The molecule has 0 aliphatic carbocycles. The van der Waals surface area contributed by atoms with E-state index in [1.54, 1.807) is 72.9 Å². The predicted octanol–water partition coefficient (Wildman–Crippen LogP) is 5.98. The minimum absolute atomic E-state index is 0.165. The molecular formula is C29H23FN4O4S. The van der Waals surface area contributed by atoms with Gasteiger partial charge >= 0.3 is 5.97 Å². The number of rotatable bonds is 8. The van der Waals surface area contributed by atoms with Crippen molar-refractivity contribution in [3.63, 3.8) is 0 Å². The summed E-state index contributed by atoms with van der Waals surface area (Å²) in [4.78, 5) is 28.7. The maximum Gasteiger partial charge on any atom is 0.313 e. The number of halogens is 1. The Morgan fingerprint density at radius 3 is 2.51 bits per heavy atom. The van der Waals surface area contributed by atoms with Gasteiger partial charge in [0.15, 0.2) is 0 Å². The normalized spacial score (nSPS) is 11.4. The standard InChI is InChI=1S/C29H23FN4O4S/c1-29(2,28(36)37)19-9-11-21(23(30)14-19)18-7-5-17(6-8-18)16-32-26(35)22-4-3-13-31-27(22)38-20-10-12-24-25(15-20)34-39-33-24/h3-15H,16H2,1-2H3,(H,32,35)(H,36,37). The molecule has 0 bridgehead atoms. The SMILES string of the molecule is CC(C)(C(=O)O)c1ccc(-c2ccc(CNC(=O)c3cccnc3Oc3ccc4nsnc4c3)cc2)c(F)c1. The molecule has 3 aromatic carbocycles. The molecule has 2 N–H and O–H groups in total. The molecule has 0 radical (unpaired) electrons. The van der Waals surface area contributed by atoms with Crippen LogP contribution >= 0.6 is 11.7 Å². The fourth-order valence-electron chi connectivity index (χ4n) is 3.92. The average molecular weight is 543 g/mol. The molecule has 5 rings (SSSR count). The van der Waals surface area contributed by atoms with Gasteiger partial charge in [-0.25, -0.2) is 9.37 Å². The molecule has 0 spiro atoms. The van der Waals surface area contributed by atoms with E-state index in [1.165, 1.54) is 19.9 Å². The van der Waals surface area contributed by atoms with Crippen LogP contribution in [0.5, 0.6) is 11.6 Å². The topological polar surface area (TPSA) is 114 Å². The third-order valence-corrected chi connectivity index (χ3v) is 6.96. The maximum absolute atomic E-state index is 14.9. The van der Waals surface area contributed by atoms with Gasteiger partial charge in [-0.1, -0.05) is 36.4 Å². The van der Waals surface area contributed by atoms with Gasteiger partial charge in [-0.2, -0.15) is 8.75 Å². The Balaban J connectivity index is 1.26. The largest absolute Gasteiger partial charge is 0.481 e. The van der Waals surface area contributed by atoms with Crippen molar-refractivity contribution in [1.29, 1.82) is 0 Å². The Bertz CT molecular complexity index is 1680. The first kappa shape index (κ1) is 25.9. The lowest BCUT2D eigenvalue weighted by molar-refractivity contribution is -0.142. The Kier molecular flexibility index (Phi) is 7.03. The Hall–Kier alpha value is -4.70. The van der Waals surface area contributed by atoms with E-state index in [1.807, 2.05) is 0 Å². The van der Waals surface area contributed by atoms with Crippen LogP contribution in [0.1, 0.15) is 35.3 Å². The highest BCUT2D eigenvalue weighted by atomic mass is 32.1. The number of benzene rings is 3. The molecule has 2 aromatic heterocycles. The minimum Gasteiger partial charge on any atom is -0.481 e. The smallest absolute Gasteiger partial charge is 0.313 e. The lowest BCUT2D eigenvalue weighted by Crippen LogP contribution is -2.28. The number of pyridine rings is 1. The molecule has 0 unspecified atom stereocenters. The van der Waals surface area contributed by atoms with Crippen LogP contribution in [0.2, 0.25) is 0 Å². The van der Waals surface area contributed by atoms with Crippen molar-refractivity contribution < 1.29 is 23.8 Å². The number of amides is 1. The summed E-state index contributed by atoms with van der Waals surface area (Å²) in [6.07, 6.45) is 1.54. The zero-order valence-corrected chi connectivity index (χ0v) is 21.8. The lowest BCUT2D eigenvalue weighted by Gasteiger charge is -2.20. The van der Waals surface area contributed by atoms with Crippen molar-refractivity contribution in [3.05, 3.63) is 102 Å². The van der Waals surface area contributed by atoms with Crippen molar-refractivity contribution >= 4 is 34.6 Å². The fourth-order valence-corrected chi connectivity index (χ4v) is 4.44. The maximum atomic E-state index is 14.9. The second kappa shape index (κ2) is 10.6. The number of carboxylic acid groups (broad SMARTS) is 1. The van der Waals surface area contributed by atoms with Crippen LogP contribution < -0.4 is 10.1 Å². The summed E-state index contributed by atoms with van der Waals surface area (Å²) in [6, 6.07) is 20.1. The monoisotopic (exact) mass is 542 g/mol. The molecule has 39 heavy (non-hydrogen) atoms. The highest BCUT2D eigenvalue weighted by Gasteiger charge is 2.30. The van der Waals surface area contributed by atoms with Crippen LogP contribution in [0, 0.1) is 5.82 Å². The van der Waals surface area contributed by atoms with E-state index >= 15 is 0 Å². The number of ether oxygens (including phenoxy) is 1. The Morgan fingerprint density at radius 1 is 1.00 bits per heavy atom. The molecule has 5 aromatic rings. The first-order valence-electron chi connectivity index (χ1n) is 12.0. The van der Waals surface area contributed by atoms with Crippen molar-refractivity contribution in [2.75, 3.05) is 0 Å². The first-order chi connectivity index (χ1) is 18.7. The van der Waals surface area contributed by atoms with Gasteiger partial charge in [0.25, 0.3) is 5.91 Å². The van der Waals surface area contributed by atoms with Crippen molar-refractivity contribution in [3.8, 4) is 22.8 Å². The third kappa shape index (κ3) is 5.46. The van der Waals surface area contributed by atoms with Crippen LogP contribution in [0.15, 0.2) is 79.0 Å². The van der Waals surface area contributed by atoms with E-state index in [4.69, 9.17) is 4.74 Å². The van der Waals surface area contributed by atoms with E-state index in [0.29, 0.717) is 28.0 Å². The minimum atomic E-state index is -1.20. The van der Waals surface area contributed by atoms with Crippen LogP contribution in [0.25, 0.3) is 22.2 Å². The summed E-state index contributed by atoms with van der Waals surface area (Å²) in [5.74, 6) is -1.23. The first-order valence-corrected chi connectivity index (χ1v) is 12.7. The average Bonchev–Trinajstić information content (AvgIpc) is 3.40. The molecule has 0 fully saturated rings. The zero-order chi connectivity index (χ0) is 27.6. The molecule has 1 amide bonds. The molecule has 8 nitrogen and oxygen atoms in total. The molecule has 10 heteroatoms. The van der Waals surface area contributed by atoms with Crippen LogP contribution in [-0.4, -0.2) is 30.7 Å². The molecule has 0 saturated carbocycles. The number of carbonyl (C=O) groups is 2. The number of aromatic nitrogens is 3. The van der Waals surface area contributed by atoms with Gasteiger partial charge in [0.05, 0.1) is 17.1 Å². The number of aliphatic carboxylic acids is 1. The molecule has 2 heterocycles.